The zero-order valence-corrected chi connectivity index (χ0v) is 24.3. The Morgan fingerprint density at radius 2 is 1.93 bits per heavy atom. The SMILES string of the molecule is COc1ncc(CN2C3CC2CN(c2ccc(-c4cc(C#CC5(C)CCOCC5)cn5ncc(C#N)c45)cn2)C3)cc1F. The number of piperazine rings is 1. The van der Waals surface area contributed by atoms with Gasteiger partial charge in [0, 0.05) is 85.6 Å². The van der Waals surface area contributed by atoms with E-state index in [0.717, 1.165) is 79.2 Å². The number of fused-ring (bicyclic) bond motifs is 3. The molecule has 10 heteroatoms. The van der Waals surface area contributed by atoms with E-state index in [9.17, 15) is 9.65 Å². The molecule has 0 N–H and O–H groups in total. The van der Waals surface area contributed by atoms with Crippen molar-refractivity contribution >= 4 is 11.3 Å². The maximum absolute atomic E-state index is 14.2. The minimum absolute atomic E-state index is 0.0232. The molecule has 4 aromatic rings. The van der Waals surface area contributed by atoms with Gasteiger partial charge in [-0.2, -0.15) is 10.4 Å². The fourth-order valence-electron chi connectivity index (χ4n) is 6.44. The van der Waals surface area contributed by atoms with E-state index in [1.807, 2.05) is 24.5 Å². The second-order valence-corrected chi connectivity index (χ2v) is 11.9. The Morgan fingerprint density at radius 3 is 2.63 bits per heavy atom. The fraction of sp³-hybridized carbons (Fsp3) is 0.394. The largest absolute Gasteiger partial charge is 0.479 e. The lowest BCUT2D eigenvalue weighted by molar-refractivity contribution is -0.00884. The summed E-state index contributed by atoms with van der Waals surface area (Å²) >= 11 is 0. The molecular formula is C33H32FN7O2. The minimum Gasteiger partial charge on any atom is -0.479 e. The van der Waals surface area contributed by atoms with Gasteiger partial charge < -0.3 is 14.4 Å². The summed E-state index contributed by atoms with van der Waals surface area (Å²) in [7, 11) is 1.42. The quantitative estimate of drug-likeness (QED) is 0.322. The number of methoxy groups -OCH3 is 1. The number of nitriles is 1. The molecule has 4 saturated heterocycles. The van der Waals surface area contributed by atoms with Crippen LogP contribution in [0.3, 0.4) is 0 Å². The summed E-state index contributed by atoms with van der Waals surface area (Å²) in [5.74, 6) is 7.36. The van der Waals surface area contributed by atoms with Crippen LogP contribution in [0.25, 0.3) is 16.6 Å². The fourth-order valence-corrected chi connectivity index (χ4v) is 6.44. The van der Waals surface area contributed by atoms with Gasteiger partial charge in [0.15, 0.2) is 5.82 Å². The molecular weight excluding hydrogens is 545 g/mol. The van der Waals surface area contributed by atoms with Gasteiger partial charge in [-0.1, -0.05) is 11.8 Å². The van der Waals surface area contributed by atoms with Gasteiger partial charge in [-0.05, 0) is 56.0 Å². The van der Waals surface area contributed by atoms with Gasteiger partial charge in [-0.15, -0.1) is 0 Å². The zero-order valence-electron chi connectivity index (χ0n) is 24.3. The van der Waals surface area contributed by atoms with E-state index >= 15 is 0 Å². The monoisotopic (exact) mass is 577 g/mol. The lowest BCUT2D eigenvalue weighted by Crippen LogP contribution is -2.68. The van der Waals surface area contributed by atoms with Gasteiger partial charge in [-0.25, -0.2) is 18.9 Å². The van der Waals surface area contributed by atoms with Crippen LogP contribution in [0.4, 0.5) is 10.2 Å². The van der Waals surface area contributed by atoms with Crippen LogP contribution in [0.1, 0.15) is 42.9 Å². The third-order valence-corrected chi connectivity index (χ3v) is 8.99. The lowest BCUT2D eigenvalue weighted by Gasteiger charge is -2.56. The summed E-state index contributed by atoms with van der Waals surface area (Å²) in [4.78, 5) is 13.7. The predicted octanol–water partition coefficient (Wildman–Crippen LogP) is 4.44. The van der Waals surface area contributed by atoms with Crippen molar-refractivity contribution in [2.45, 2.75) is 44.8 Å². The normalized spacial score (nSPS) is 21.0. The number of pyridine rings is 3. The Hall–Kier alpha value is -4.51. The maximum atomic E-state index is 14.2. The molecule has 8 rings (SSSR count). The van der Waals surface area contributed by atoms with Gasteiger partial charge in [0.05, 0.1) is 24.4 Å². The average molecular weight is 578 g/mol. The van der Waals surface area contributed by atoms with Crippen molar-refractivity contribution < 1.29 is 13.9 Å². The van der Waals surface area contributed by atoms with Gasteiger partial charge in [-0.3, -0.25) is 4.90 Å². The molecule has 218 valence electrons. The van der Waals surface area contributed by atoms with Crippen molar-refractivity contribution in [3.63, 3.8) is 0 Å². The number of halogens is 1. The molecule has 43 heavy (non-hydrogen) atoms. The molecule has 0 saturated carbocycles. The summed E-state index contributed by atoms with van der Waals surface area (Å²) in [5, 5.41) is 14.2. The van der Waals surface area contributed by atoms with E-state index in [4.69, 9.17) is 14.5 Å². The second-order valence-electron chi connectivity index (χ2n) is 11.9. The smallest absolute Gasteiger partial charge is 0.250 e. The van der Waals surface area contributed by atoms with Crippen molar-refractivity contribution in [2.75, 3.05) is 38.3 Å². The molecule has 0 amide bonds. The minimum atomic E-state index is -0.433. The number of hydrogen-bond acceptors (Lipinski definition) is 8. The molecule has 4 aliphatic heterocycles. The van der Waals surface area contributed by atoms with Gasteiger partial charge in [0.25, 0.3) is 0 Å². The highest BCUT2D eigenvalue weighted by Crippen LogP contribution is 2.36. The first-order chi connectivity index (χ1) is 20.9. The van der Waals surface area contributed by atoms with Crippen molar-refractivity contribution in [2.24, 2.45) is 5.41 Å². The first-order valence-corrected chi connectivity index (χ1v) is 14.6. The third kappa shape index (κ3) is 5.18. The molecule has 0 spiro atoms. The third-order valence-electron chi connectivity index (χ3n) is 8.99. The van der Waals surface area contributed by atoms with Crippen LogP contribution in [0.15, 0.2) is 49.1 Å². The molecule has 0 aromatic carbocycles. The number of anilines is 1. The second kappa shape index (κ2) is 11.0. The van der Waals surface area contributed by atoms with Crippen LogP contribution in [0.2, 0.25) is 0 Å². The summed E-state index contributed by atoms with van der Waals surface area (Å²) < 4.78 is 26.4. The molecule has 4 fully saturated rings. The predicted molar refractivity (Wildman–Crippen MR) is 159 cm³/mol. The highest BCUT2D eigenvalue weighted by molar-refractivity contribution is 5.85. The highest BCUT2D eigenvalue weighted by Gasteiger charge is 2.44. The summed E-state index contributed by atoms with van der Waals surface area (Å²) in [5.41, 5.74) is 4.66. The van der Waals surface area contributed by atoms with E-state index in [2.05, 4.69) is 50.8 Å². The molecule has 8 heterocycles. The number of nitrogens with zero attached hydrogens (tertiary/aromatic N) is 7. The molecule has 4 aromatic heterocycles. The maximum Gasteiger partial charge on any atom is 0.250 e. The van der Waals surface area contributed by atoms with Crippen LogP contribution in [0.5, 0.6) is 5.88 Å². The first-order valence-electron chi connectivity index (χ1n) is 14.6. The zero-order chi connectivity index (χ0) is 29.6. The van der Waals surface area contributed by atoms with Gasteiger partial charge in [0.1, 0.15) is 11.9 Å². The molecule has 9 nitrogen and oxygen atoms in total. The summed E-state index contributed by atoms with van der Waals surface area (Å²) in [6.07, 6.45) is 9.99. The molecule has 4 aliphatic rings. The van der Waals surface area contributed by atoms with Crippen molar-refractivity contribution in [1.29, 1.82) is 5.26 Å². The van der Waals surface area contributed by atoms with Crippen molar-refractivity contribution in [3.8, 4) is 34.9 Å². The van der Waals surface area contributed by atoms with Crippen molar-refractivity contribution in [3.05, 3.63) is 71.6 Å². The standard InChI is InChI=1S/C33H32FN7O2/c1-33(7-9-43-10-8-33)6-5-22-11-28(31-25(14-35)17-38-41(31)19-22)24-3-4-30(36-16-24)39-20-26-13-27(21-39)40(26)18-23-12-29(34)32(42-2)37-15-23/h3-4,11-12,15-17,19,26-27H,7-10,13,18,20-21H2,1-2H3. The van der Waals surface area contributed by atoms with Crippen LogP contribution in [-0.4, -0.2) is 70.0 Å². The van der Waals surface area contributed by atoms with Gasteiger partial charge in [0.2, 0.25) is 5.88 Å². The lowest BCUT2D eigenvalue weighted by atomic mass is 9.83. The van der Waals surface area contributed by atoms with E-state index in [0.29, 0.717) is 24.2 Å². The molecule has 0 aliphatic carbocycles. The topological polar surface area (TPSA) is 91.8 Å². The number of piperidine rings is 1. The Bertz CT molecular complexity index is 1770. The molecule has 0 radical (unpaired) electrons. The molecule has 2 atom stereocenters. The summed E-state index contributed by atoms with van der Waals surface area (Å²) in [6.45, 7) is 6.03. The number of ether oxygens (including phenoxy) is 2. The Labute approximate surface area is 249 Å². The van der Waals surface area contributed by atoms with Gasteiger partial charge >= 0.3 is 0 Å². The number of hydrogen-bond donors (Lipinski definition) is 0. The average Bonchev–Trinajstić information content (AvgIpc) is 3.46. The van der Waals surface area contributed by atoms with E-state index in [-0.39, 0.29) is 11.3 Å². The van der Waals surface area contributed by atoms with E-state index in [1.54, 1.807) is 16.9 Å². The number of aromatic nitrogens is 4. The van der Waals surface area contributed by atoms with Crippen LogP contribution in [0, 0.1) is 34.4 Å². The Balaban J connectivity index is 1.10. The van der Waals surface area contributed by atoms with Crippen LogP contribution < -0.4 is 9.64 Å². The van der Waals surface area contributed by atoms with Crippen molar-refractivity contribution in [1.82, 2.24) is 24.5 Å². The Kier molecular flexibility index (Phi) is 6.97. The van der Waals surface area contributed by atoms with Crippen LogP contribution in [-0.2, 0) is 11.3 Å². The highest BCUT2D eigenvalue weighted by atomic mass is 19.1. The Morgan fingerprint density at radius 1 is 1.12 bits per heavy atom. The van der Waals surface area contributed by atoms with E-state index < -0.39 is 5.82 Å². The molecule has 2 bridgehead atoms. The summed E-state index contributed by atoms with van der Waals surface area (Å²) in [6, 6.07) is 10.7. The van der Waals surface area contributed by atoms with E-state index in [1.165, 1.54) is 13.2 Å². The first kappa shape index (κ1) is 27.3. The van der Waals surface area contributed by atoms with Crippen LogP contribution >= 0.6 is 0 Å². The number of rotatable bonds is 5. The molecule has 2 unspecified atom stereocenters.